The average molecular weight is 313 g/mol. The van der Waals surface area contributed by atoms with Crippen molar-refractivity contribution in [3.8, 4) is 5.75 Å². The van der Waals surface area contributed by atoms with Gasteiger partial charge in [0.25, 0.3) is 0 Å². The Labute approximate surface area is 136 Å². The van der Waals surface area contributed by atoms with Gasteiger partial charge < -0.3 is 10.5 Å². The minimum absolute atomic E-state index is 0.145. The van der Waals surface area contributed by atoms with Gasteiger partial charge in [0.2, 0.25) is 0 Å². The molecule has 114 valence electrons. The van der Waals surface area contributed by atoms with Crippen molar-refractivity contribution in [1.29, 1.82) is 0 Å². The van der Waals surface area contributed by atoms with E-state index in [1.807, 2.05) is 43.3 Å². The van der Waals surface area contributed by atoms with Crippen molar-refractivity contribution in [3.05, 3.63) is 65.2 Å². The molecule has 0 unspecified atom stereocenters. The lowest BCUT2D eigenvalue weighted by atomic mass is 10.1. The Morgan fingerprint density at radius 1 is 1.23 bits per heavy atom. The number of nitrogens with one attached hydrogen (secondary N) is 1. The summed E-state index contributed by atoms with van der Waals surface area (Å²) in [7, 11) is 0. The smallest absolute Gasteiger partial charge is 0.184 e. The number of hydrogen-bond acceptors (Lipinski definition) is 3. The lowest BCUT2D eigenvalue weighted by Crippen LogP contribution is -2.25. The highest BCUT2D eigenvalue weighted by Gasteiger charge is 2.02. The number of aryl methyl sites for hydroxylation is 1. The van der Waals surface area contributed by atoms with Crippen LogP contribution in [0.1, 0.15) is 23.6 Å². The van der Waals surface area contributed by atoms with Crippen molar-refractivity contribution in [2.24, 2.45) is 10.8 Å². The van der Waals surface area contributed by atoms with Gasteiger partial charge in [0.15, 0.2) is 5.11 Å². The number of nitrogens with two attached hydrogens (primary N) is 1. The molecule has 2 aromatic carbocycles. The van der Waals surface area contributed by atoms with E-state index in [0.29, 0.717) is 6.61 Å². The van der Waals surface area contributed by atoms with Gasteiger partial charge in [-0.15, -0.1) is 0 Å². The van der Waals surface area contributed by atoms with Gasteiger partial charge in [-0.1, -0.05) is 36.4 Å². The Balaban J connectivity index is 2.07. The molecular formula is C17H19N3OS. The molecule has 5 heteroatoms. The zero-order valence-electron chi connectivity index (χ0n) is 12.7. The summed E-state index contributed by atoms with van der Waals surface area (Å²) in [6, 6.07) is 15.9. The normalized spacial score (nSPS) is 11.1. The van der Waals surface area contributed by atoms with Crippen LogP contribution < -0.4 is 15.9 Å². The van der Waals surface area contributed by atoms with Crippen molar-refractivity contribution in [2.75, 3.05) is 0 Å². The van der Waals surface area contributed by atoms with E-state index in [-0.39, 0.29) is 5.11 Å². The lowest BCUT2D eigenvalue weighted by molar-refractivity contribution is 0.305. The van der Waals surface area contributed by atoms with Crippen molar-refractivity contribution < 1.29 is 4.74 Å². The topological polar surface area (TPSA) is 59.6 Å². The molecule has 3 N–H and O–H groups in total. The number of rotatable bonds is 5. The molecule has 0 fully saturated rings. The van der Waals surface area contributed by atoms with Gasteiger partial charge in [-0.25, -0.2) is 0 Å². The van der Waals surface area contributed by atoms with E-state index in [2.05, 4.69) is 29.6 Å². The maximum atomic E-state index is 5.86. The van der Waals surface area contributed by atoms with Gasteiger partial charge in [-0.3, -0.25) is 5.43 Å². The fourth-order valence-electron chi connectivity index (χ4n) is 1.95. The average Bonchev–Trinajstić information content (AvgIpc) is 2.52. The van der Waals surface area contributed by atoms with E-state index in [1.54, 1.807) is 0 Å². The van der Waals surface area contributed by atoms with Crippen LogP contribution in [-0.2, 0) is 6.61 Å². The van der Waals surface area contributed by atoms with Gasteiger partial charge in [-0.05, 0) is 49.3 Å². The van der Waals surface area contributed by atoms with Gasteiger partial charge >= 0.3 is 0 Å². The highest BCUT2D eigenvalue weighted by molar-refractivity contribution is 7.80. The number of thiocarbonyl (C=S) groups is 1. The molecule has 0 aromatic heterocycles. The van der Waals surface area contributed by atoms with Crippen molar-refractivity contribution in [2.45, 2.75) is 20.5 Å². The summed E-state index contributed by atoms with van der Waals surface area (Å²) in [5.74, 6) is 0.797. The predicted molar refractivity (Wildman–Crippen MR) is 94.1 cm³/mol. The summed E-state index contributed by atoms with van der Waals surface area (Å²) < 4.78 is 5.86. The molecule has 0 saturated carbocycles. The summed E-state index contributed by atoms with van der Waals surface area (Å²) in [5.41, 5.74) is 12.1. The monoisotopic (exact) mass is 313 g/mol. The third-order valence-corrected chi connectivity index (χ3v) is 3.33. The largest absolute Gasteiger partial charge is 0.489 e. The predicted octanol–water partition coefficient (Wildman–Crippen LogP) is 3.13. The van der Waals surface area contributed by atoms with Crippen LogP contribution in [0.3, 0.4) is 0 Å². The standard InChI is InChI=1S/C17H19N3OS/c1-12-6-3-4-7-15(12)11-21-16-9-5-8-14(10-16)13(2)19-20-17(18)22/h3-10H,11H2,1-2H3,(H3,18,20,22)/b19-13+. The first-order valence-electron chi connectivity index (χ1n) is 6.94. The highest BCUT2D eigenvalue weighted by atomic mass is 32.1. The van der Waals surface area contributed by atoms with Crippen LogP contribution in [0, 0.1) is 6.92 Å². The van der Waals surface area contributed by atoms with Gasteiger partial charge in [0.1, 0.15) is 12.4 Å². The van der Waals surface area contributed by atoms with Crippen LogP contribution in [0.5, 0.6) is 5.75 Å². The third kappa shape index (κ3) is 4.56. The zero-order valence-corrected chi connectivity index (χ0v) is 13.5. The Morgan fingerprint density at radius 2 is 2.00 bits per heavy atom. The molecule has 2 aromatic rings. The second-order valence-electron chi connectivity index (χ2n) is 4.92. The van der Waals surface area contributed by atoms with Crippen LogP contribution in [0.4, 0.5) is 0 Å². The Morgan fingerprint density at radius 3 is 2.73 bits per heavy atom. The van der Waals surface area contributed by atoms with E-state index in [1.165, 1.54) is 11.1 Å². The number of ether oxygens (including phenoxy) is 1. The van der Waals surface area contributed by atoms with Crippen LogP contribution in [0.2, 0.25) is 0 Å². The summed E-state index contributed by atoms with van der Waals surface area (Å²) in [6.45, 7) is 4.50. The van der Waals surface area contributed by atoms with Crippen molar-refractivity contribution in [3.63, 3.8) is 0 Å². The van der Waals surface area contributed by atoms with Crippen LogP contribution >= 0.6 is 12.2 Å². The molecule has 0 heterocycles. The fourth-order valence-corrected chi connectivity index (χ4v) is 1.99. The molecule has 2 rings (SSSR count). The second-order valence-corrected chi connectivity index (χ2v) is 5.36. The molecule has 22 heavy (non-hydrogen) atoms. The molecule has 0 radical (unpaired) electrons. The minimum atomic E-state index is 0.145. The molecule has 0 aliphatic rings. The zero-order chi connectivity index (χ0) is 15.9. The SMILES string of the molecule is C/C(=N\NC(N)=S)c1cccc(OCc2ccccc2C)c1. The van der Waals surface area contributed by atoms with Crippen molar-refractivity contribution in [1.82, 2.24) is 5.43 Å². The summed E-state index contributed by atoms with van der Waals surface area (Å²) in [5, 5.41) is 4.26. The molecule has 0 atom stereocenters. The highest BCUT2D eigenvalue weighted by Crippen LogP contribution is 2.17. The van der Waals surface area contributed by atoms with Crippen LogP contribution in [-0.4, -0.2) is 10.8 Å². The molecule has 0 bridgehead atoms. The van der Waals surface area contributed by atoms with Gasteiger partial charge in [-0.2, -0.15) is 5.10 Å². The molecule has 0 amide bonds. The van der Waals surface area contributed by atoms with E-state index < -0.39 is 0 Å². The number of benzene rings is 2. The first kappa shape index (κ1) is 16.0. The molecule has 0 spiro atoms. The molecule has 0 aliphatic heterocycles. The third-order valence-electron chi connectivity index (χ3n) is 3.24. The lowest BCUT2D eigenvalue weighted by Gasteiger charge is -2.10. The first-order chi connectivity index (χ1) is 10.6. The Kier molecular flexibility index (Phi) is 5.49. The molecular weight excluding hydrogens is 294 g/mol. The number of hydrazone groups is 1. The summed E-state index contributed by atoms with van der Waals surface area (Å²) >= 11 is 4.73. The molecule has 0 saturated heterocycles. The Hall–Kier alpha value is -2.40. The van der Waals surface area contributed by atoms with E-state index >= 15 is 0 Å². The number of nitrogens with zero attached hydrogens (tertiary/aromatic N) is 1. The second kappa shape index (κ2) is 7.56. The number of hydrogen-bond donors (Lipinski definition) is 2. The van der Waals surface area contributed by atoms with E-state index in [4.69, 9.17) is 22.7 Å². The molecule has 0 aliphatic carbocycles. The first-order valence-corrected chi connectivity index (χ1v) is 7.34. The van der Waals surface area contributed by atoms with Gasteiger partial charge in [0.05, 0.1) is 5.71 Å². The quantitative estimate of drug-likeness (QED) is 0.506. The fraction of sp³-hybridized carbons (Fsp3) is 0.176. The van der Waals surface area contributed by atoms with Crippen LogP contribution in [0.25, 0.3) is 0 Å². The van der Waals surface area contributed by atoms with E-state index in [9.17, 15) is 0 Å². The maximum Gasteiger partial charge on any atom is 0.184 e. The summed E-state index contributed by atoms with van der Waals surface area (Å²) in [6.07, 6.45) is 0. The van der Waals surface area contributed by atoms with Crippen LogP contribution in [0.15, 0.2) is 53.6 Å². The Bertz CT molecular complexity index is 698. The maximum absolute atomic E-state index is 5.86. The minimum Gasteiger partial charge on any atom is -0.489 e. The molecule has 4 nitrogen and oxygen atoms in total. The summed E-state index contributed by atoms with van der Waals surface area (Å²) in [4.78, 5) is 0. The van der Waals surface area contributed by atoms with Crippen molar-refractivity contribution >= 4 is 23.0 Å². The van der Waals surface area contributed by atoms with E-state index in [0.717, 1.165) is 17.0 Å². The van der Waals surface area contributed by atoms with Gasteiger partial charge in [0, 0.05) is 5.56 Å².